The number of anilines is 1. The van der Waals surface area contributed by atoms with Gasteiger partial charge in [0.1, 0.15) is 16.5 Å². The second-order valence-corrected chi connectivity index (χ2v) is 5.63. The van der Waals surface area contributed by atoms with Gasteiger partial charge in [-0.05, 0) is 29.8 Å². The summed E-state index contributed by atoms with van der Waals surface area (Å²) >= 11 is 0. The summed E-state index contributed by atoms with van der Waals surface area (Å²) in [4.78, 5) is 3.14. The van der Waals surface area contributed by atoms with Crippen molar-refractivity contribution in [3.63, 3.8) is 0 Å². The predicted octanol–water partition coefficient (Wildman–Crippen LogP) is 1.62. The number of hydrogen-bond acceptors (Lipinski definition) is 4. The van der Waals surface area contributed by atoms with Crippen LogP contribution in [0.3, 0.4) is 0 Å². The maximum Gasteiger partial charge on any atom is 0.263 e. The summed E-state index contributed by atoms with van der Waals surface area (Å²) in [6.45, 7) is -0.0446. The number of hydrogen-bond donors (Lipinski definition) is 2. The normalized spacial score (nSPS) is 11.3. The molecule has 3 N–H and O–H groups in total. The van der Waals surface area contributed by atoms with Gasteiger partial charge in [-0.25, -0.2) is 17.2 Å². The molecule has 20 heavy (non-hydrogen) atoms. The Hall–Kier alpha value is -2.06. The summed E-state index contributed by atoms with van der Waals surface area (Å²) in [7, 11) is -4.01. The fourth-order valence-electron chi connectivity index (χ4n) is 1.57. The lowest BCUT2D eigenvalue weighted by Crippen LogP contribution is -2.15. The van der Waals surface area contributed by atoms with Crippen molar-refractivity contribution in [3.8, 4) is 0 Å². The van der Waals surface area contributed by atoms with Crippen molar-refractivity contribution < 1.29 is 17.2 Å². The van der Waals surface area contributed by atoms with Gasteiger partial charge in [0.15, 0.2) is 0 Å². The molecule has 0 aliphatic heterocycles. The van der Waals surface area contributed by atoms with Crippen LogP contribution >= 0.6 is 0 Å². The van der Waals surface area contributed by atoms with E-state index in [1.807, 2.05) is 0 Å². The Morgan fingerprint density at radius 1 is 1.15 bits per heavy atom. The molecule has 0 aliphatic carbocycles. The summed E-state index contributed by atoms with van der Waals surface area (Å²) < 4.78 is 52.4. The molecular formula is C12H11F2N3O2S. The van der Waals surface area contributed by atoms with Crippen LogP contribution in [0.5, 0.6) is 0 Å². The van der Waals surface area contributed by atoms with Gasteiger partial charge in [-0.1, -0.05) is 0 Å². The van der Waals surface area contributed by atoms with E-state index in [1.54, 1.807) is 0 Å². The zero-order chi connectivity index (χ0) is 14.8. The van der Waals surface area contributed by atoms with Gasteiger partial charge in [-0.2, -0.15) is 0 Å². The Bertz CT molecular complexity index is 735. The smallest absolute Gasteiger partial charge is 0.263 e. The number of nitrogens with one attached hydrogen (secondary N) is 1. The first-order valence-corrected chi connectivity index (χ1v) is 7.02. The van der Waals surface area contributed by atoms with E-state index in [0.29, 0.717) is 0 Å². The Labute approximate surface area is 114 Å². The SMILES string of the molecule is NCc1cc(F)ccc1NS(=O)(=O)c1cncc(F)c1. The van der Waals surface area contributed by atoms with Crippen molar-refractivity contribution in [1.29, 1.82) is 0 Å². The molecule has 0 amide bonds. The van der Waals surface area contributed by atoms with E-state index in [9.17, 15) is 17.2 Å². The fraction of sp³-hybridized carbons (Fsp3) is 0.0833. The largest absolute Gasteiger partial charge is 0.326 e. The highest BCUT2D eigenvalue weighted by Crippen LogP contribution is 2.20. The number of pyridine rings is 1. The van der Waals surface area contributed by atoms with Crippen LogP contribution in [0.1, 0.15) is 5.56 Å². The standard InChI is InChI=1S/C12H11F2N3O2S/c13-9-1-2-12(8(3-9)5-15)17-20(18,19)11-4-10(14)6-16-7-11/h1-4,6-7,17H,5,15H2. The number of benzene rings is 1. The Balaban J connectivity index is 2.38. The van der Waals surface area contributed by atoms with Gasteiger partial charge in [0.25, 0.3) is 10.0 Å². The molecule has 0 fully saturated rings. The van der Waals surface area contributed by atoms with Gasteiger partial charge < -0.3 is 5.73 Å². The van der Waals surface area contributed by atoms with E-state index in [-0.39, 0.29) is 22.7 Å². The highest BCUT2D eigenvalue weighted by Gasteiger charge is 2.17. The van der Waals surface area contributed by atoms with E-state index >= 15 is 0 Å². The molecule has 106 valence electrons. The summed E-state index contributed by atoms with van der Waals surface area (Å²) in [5.41, 5.74) is 5.85. The maximum atomic E-state index is 13.1. The minimum atomic E-state index is -4.01. The number of halogens is 2. The van der Waals surface area contributed by atoms with Crippen LogP contribution in [0.25, 0.3) is 0 Å². The van der Waals surface area contributed by atoms with E-state index in [4.69, 9.17) is 5.73 Å². The van der Waals surface area contributed by atoms with Gasteiger partial charge >= 0.3 is 0 Å². The van der Waals surface area contributed by atoms with Crippen LogP contribution in [0, 0.1) is 11.6 Å². The van der Waals surface area contributed by atoms with Gasteiger partial charge in [-0.15, -0.1) is 0 Å². The molecule has 0 unspecified atom stereocenters. The first-order valence-electron chi connectivity index (χ1n) is 5.54. The average molecular weight is 299 g/mol. The molecule has 2 aromatic rings. The van der Waals surface area contributed by atoms with E-state index in [2.05, 4.69) is 9.71 Å². The number of rotatable bonds is 4. The molecule has 0 bridgehead atoms. The van der Waals surface area contributed by atoms with Crippen LogP contribution in [-0.4, -0.2) is 13.4 Å². The molecule has 1 aromatic carbocycles. The van der Waals surface area contributed by atoms with E-state index < -0.39 is 21.7 Å². The monoisotopic (exact) mass is 299 g/mol. The van der Waals surface area contributed by atoms with Gasteiger partial charge in [0.05, 0.1) is 11.9 Å². The molecule has 0 spiro atoms. The molecule has 0 radical (unpaired) electrons. The summed E-state index contributed by atoms with van der Waals surface area (Å²) in [5.74, 6) is -1.30. The third-order valence-electron chi connectivity index (χ3n) is 2.52. The van der Waals surface area contributed by atoms with Crippen molar-refractivity contribution in [2.24, 2.45) is 5.73 Å². The first kappa shape index (κ1) is 14.4. The topological polar surface area (TPSA) is 85.1 Å². The minimum Gasteiger partial charge on any atom is -0.326 e. The maximum absolute atomic E-state index is 13.1. The molecular weight excluding hydrogens is 288 g/mol. The third kappa shape index (κ3) is 3.09. The lowest BCUT2D eigenvalue weighted by molar-refractivity contribution is 0.592. The van der Waals surface area contributed by atoms with Crippen molar-refractivity contribution in [2.75, 3.05) is 4.72 Å². The lowest BCUT2D eigenvalue weighted by Gasteiger charge is -2.11. The molecule has 5 nitrogen and oxygen atoms in total. The van der Waals surface area contributed by atoms with Crippen LogP contribution < -0.4 is 10.5 Å². The quantitative estimate of drug-likeness (QED) is 0.898. The Morgan fingerprint density at radius 2 is 1.90 bits per heavy atom. The Morgan fingerprint density at radius 3 is 2.55 bits per heavy atom. The Kier molecular flexibility index (Phi) is 3.96. The second kappa shape index (κ2) is 5.51. The van der Waals surface area contributed by atoms with Crippen LogP contribution in [0.2, 0.25) is 0 Å². The van der Waals surface area contributed by atoms with Gasteiger partial charge in [0.2, 0.25) is 0 Å². The molecule has 2 rings (SSSR count). The second-order valence-electron chi connectivity index (χ2n) is 3.95. The van der Waals surface area contributed by atoms with Gasteiger partial charge in [-0.3, -0.25) is 9.71 Å². The zero-order valence-electron chi connectivity index (χ0n) is 10.2. The van der Waals surface area contributed by atoms with E-state index in [0.717, 1.165) is 30.6 Å². The van der Waals surface area contributed by atoms with Crippen molar-refractivity contribution in [2.45, 2.75) is 11.4 Å². The molecule has 0 atom stereocenters. The minimum absolute atomic E-state index is 0.0446. The highest BCUT2D eigenvalue weighted by atomic mass is 32.2. The number of nitrogens with zero attached hydrogens (tertiary/aromatic N) is 1. The number of aromatic nitrogens is 1. The highest BCUT2D eigenvalue weighted by molar-refractivity contribution is 7.92. The van der Waals surface area contributed by atoms with Crippen molar-refractivity contribution >= 4 is 15.7 Å². The van der Waals surface area contributed by atoms with Crippen LogP contribution in [-0.2, 0) is 16.6 Å². The van der Waals surface area contributed by atoms with Crippen molar-refractivity contribution in [3.05, 3.63) is 53.9 Å². The number of sulfonamides is 1. The molecule has 0 aliphatic rings. The zero-order valence-corrected chi connectivity index (χ0v) is 11.0. The fourth-order valence-corrected chi connectivity index (χ4v) is 2.65. The van der Waals surface area contributed by atoms with E-state index in [1.165, 1.54) is 6.07 Å². The van der Waals surface area contributed by atoms with Crippen molar-refractivity contribution in [1.82, 2.24) is 4.98 Å². The molecule has 0 saturated carbocycles. The molecule has 1 heterocycles. The first-order chi connectivity index (χ1) is 9.42. The molecule has 8 heteroatoms. The van der Waals surface area contributed by atoms with Crippen LogP contribution in [0.4, 0.5) is 14.5 Å². The average Bonchev–Trinajstić information content (AvgIpc) is 2.40. The lowest BCUT2D eigenvalue weighted by atomic mass is 10.2. The van der Waals surface area contributed by atoms with Gasteiger partial charge in [0, 0.05) is 12.7 Å². The molecule has 1 aromatic heterocycles. The summed E-state index contributed by atoms with van der Waals surface area (Å²) in [6.07, 6.45) is 1.90. The molecule has 0 saturated heterocycles. The summed E-state index contributed by atoms with van der Waals surface area (Å²) in [5, 5.41) is 0. The third-order valence-corrected chi connectivity index (χ3v) is 3.85. The summed E-state index contributed by atoms with van der Waals surface area (Å²) in [6, 6.07) is 4.31. The number of nitrogens with two attached hydrogens (primary N) is 1. The predicted molar refractivity (Wildman–Crippen MR) is 69.3 cm³/mol. The van der Waals surface area contributed by atoms with Crippen LogP contribution in [0.15, 0.2) is 41.6 Å².